The van der Waals surface area contributed by atoms with Crippen LogP contribution in [-0.4, -0.2) is 38.7 Å². The summed E-state index contributed by atoms with van der Waals surface area (Å²) in [6.07, 6.45) is -10.1. The van der Waals surface area contributed by atoms with E-state index in [9.17, 15) is 31.1 Å². The number of esters is 1. The first-order valence-corrected chi connectivity index (χ1v) is 12.3. The van der Waals surface area contributed by atoms with Crippen LogP contribution in [0.5, 0.6) is 5.75 Å². The number of hydrogen-bond donors (Lipinski definition) is 0. The number of nitrogens with zero attached hydrogens (tertiary/aromatic N) is 1. The second-order valence-electron chi connectivity index (χ2n) is 8.83. The molecule has 1 aliphatic heterocycles. The van der Waals surface area contributed by atoms with Gasteiger partial charge in [0, 0.05) is 24.2 Å². The van der Waals surface area contributed by atoms with Crippen molar-refractivity contribution in [1.82, 2.24) is 0 Å². The van der Waals surface area contributed by atoms with E-state index in [2.05, 4.69) is 4.74 Å². The number of anilines is 1. The minimum atomic E-state index is -4.91. The van der Waals surface area contributed by atoms with Crippen LogP contribution in [0.4, 0.5) is 32.0 Å². The Morgan fingerprint density at radius 2 is 1.62 bits per heavy atom. The Kier molecular flexibility index (Phi) is 9.19. The van der Waals surface area contributed by atoms with Crippen molar-refractivity contribution in [2.45, 2.75) is 44.6 Å². The standard InChI is InChI=1S/C27H23F6NO3.C2H6/c1-36-24(35)19-7-4-6-18(14-19)16-25(20-8-5-9-21(15-20)37-27(31,32)33)17-34(13-12-26(28,29)30)23-11-3-2-10-22(23)25;1-2/h2-11,14-15H,12-13,16-17H2,1H3;1-2H3. The van der Waals surface area contributed by atoms with Gasteiger partial charge in [-0.2, -0.15) is 13.2 Å². The number of para-hydroxylation sites is 1. The molecule has 1 atom stereocenters. The number of benzene rings is 3. The number of rotatable bonds is 7. The van der Waals surface area contributed by atoms with E-state index in [1.807, 2.05) is 13.8 Å². The maximum atomic E-state index is 13.1. The molecule has 39 heavy (non-hydrogen) atoms. The number of hydrogen-bond acceptors (Lipinski definition) is 4. The van der Waals surface area contributed by atoms with E-state index in [0.29, 0.717) is 22.4 Å². The number of fused-ring (bicyclic) bond motifs is 1. The third kappa shape index (κ3) is 7.25. The lowest BCUT2D eigenvalue weighted by Gasteiger charge is -2.32. The number of carbonyl (C=O) groups excluding carboxylic acids is 1. The highest BCUT2D eigenvalue weighted by molar-refractivity contribution is 5.89. The number of halogens is 6. The molecule has 3 aromatic carbocycles. The average Bonchev–Trinajstić information content (AvgIpc) is 3.21. The van der Waals surface area contributed by atoms with Gasteiger partial charge in [-0.1, -0.05) is 56.3 Å². The van der Waals surface area contributed by atoms with Crippen molar-refractivity contribution in [2.24, 2.45) is 0 Å². The molecule has 4 nitrogen and oxygen atoms in total. The summed E-state index contributed by atoms with van der Waals surface area (Å²) >= 11 is 0. The zero-order valence-electron chi connectivity index (χ0n) is 21.7. The molecule has 10 heteroatoms. The fraction of sp³-hybridized carbons (Fsp3) is 0.345. The topological polar surface area (TPSA) is 38.8 Å². The van der Waals surface area contributed by atoms with Crippen LogP contribution < -0.4 is 9.64 Å². The molecule has 3 aromatic rings. The first kappa shape index (κ1) is 29.9. The molecule has 0 amide bonds. The number of methoxy groups -OCH3 is 1. The molecule has 1 unspecified atom stereocenters. The van der Waals surface area contributed by atoms with Gasteiger partial charge in [0.1, 0.15) is 5.75 Å². The van der Waals surface area contributed by atoms with Gasteiger partial charge in [0.2, 0.25) is 0 Å². The van der Waals surface area contributed by atoms with Crippen molar-refractivity contribution >= 4 is 11.7 Å². The van der Waals surface area contributed by atoms with E-state index in [4.69, 9.17) is 4.74 Å². The van der Waals surface area contributed by atoms with E-state index in [0.717, 1.165) is 0 Å². The fourth-order valence-corrected chi connectivity index (χ4v) is 4.88. The Balaban J connectivity index is 0.00000205. The maximum Gasteiger partial charge on any atom is 0.573 e. The molecule has 0 aromatic heterocycles. The Bertz CT molecular complexity index is 1270. The monoisotopic (exact) mass is 553 g/mol. The molecule has 0 aliphatic carbocycles. The third-order valence-corrected chi connectivity index (χ3v) is 6.36. The molecular weight excluding hydrogens is 524 g/mol. The molecule has 210 valence electrons. The van der Waals surface area contributed by atoms with Gasteiger partial charge in [-0.3, -0.25) is 0 Å². The zero-order valence-corrected chi connectivity index (χ0v) is 21.7. The quantitative estimate of drug-likeness (QED) is 0.222. The molecule has 0 fully saturated rings. The van der Waals surface area contributed by atoms with Gasteiger partial charge in [0.15, 0.2) is 0 Å². The summed E-state index contributed by atoms with van der Waals surface area (Å²) in [5.74, 6) is -0.992. The molecule has 0 saturated carbocycles. The molecule has 0 bridgehead atoms. The van der Waals surface area contributed by atoms with Crippen LogP contribution in [0.3, 0.4) is 0 Å². The summed E-state index contributed by atoms with van der Waals surface area (Å²) in [5, 5.41) is 0. The maximum absolute atomic E-state index is 13.1. The summed E-state index contributed by atoms with van der Waals surface area (Å²) < 4.78 is 87.2. The minimum Gasteiger partial charge on any atom is -0.465 e. The first-order chi connectivity index (χ1) is 18.4. The molecule has 1 aliphatic rings. The molecule has 0 saturated heterocycles. The van der Waals surface area contributed by atoms with E-state index < -0.39 is 36.1 Å². The number of ether oxygens (including phenoxy) is 2. The summed E-state index contributed by atoms with van der Waals surface area (Å²) in [7, 11) is 1.24. The van der Waals surface area contributed by atoms with Crippen LogP contribution in [0.1, 0.15) is 47.3 Å². The van der Waals surface area contributed by atoms with Crippen molar-refractivity contribution in [3.8, 4) is 5.75 Å². The normalized spacial score (nSPS) is 16.7. The highest BCUT2D eigenvalue weighted by Gasteiger charge is 2.45. The zero-order chi connectivity index (χ0) is 28.8. The van der Waals surface area contributed by atoms with Gasteiger partial charge in [-0.25, -0.2) is 4.79 Å². The van der Waals surface area contributed by atoms with E-state index in [-0.39, 0.29) is 25.1 Å². The number of alkyl halides is 6. The highest BCUT2D eigenvalue weighted by atomic mass is 19.4. The van der Waals surface area contributed by atoms with Crippen LogP contribution in [0, 0.1) is 0 Å². The van der Waals surface area contributed by atoms with Crippen molar-refractivity contribution in [2.75, 3.05) is 25.1 Å². The Hall–Kier alpha value is -3.69. The summed E-state index contributed by atoms with van der Waals surface area (Å²) in [4.78, 5) is 13.7. The van der Waals surface area contributed by atoms with Crippen LogP contribution in [-0.2, 0) is 16.6 Å². The van der Waals surface area contributed by atoms with Crippen LogP contribution >= 0.6 is 0 Å². The molecule has 0 radical (unpaired) electrons. The van der Waals surface area contributed by atoms with Gasteiger partial charge >= 0.3 is 18.5 Å². The van der Waals surface area contributed by atoms with Gasteiger partial charge in [0.05, 0.1) is 19.1 Å². The lowest BCUT2D eigenvalue weighted by molar-refractivity contribution is -0.274. The van der Waals surface area contributed by atoms with Crippen molar-refractivity contribution in [1.29, 1.82) is 0 Å². The van der Waals surface area contributed by atoms with Crippen LogP contribution in [0.15, 0.2) is 72.8 Å². The molecule has 1 heterocycles. The Morgan fingerprint density at radius 3 is 2.28 bits per heavy atom. The van der Waals surface area contributed by atoms with Crippen molar-refractivity contribution < 1.29 is 40.6 Å². The molecular formula is C29H29F6NO3. The lowest BCUT2D eigenvalue weighted by atomic mass is 9.71. The summed E-state index contributed by atoms with van der Waals surface area (Å²) in [5.41, 5.74) is 1.60. The molecule has 0 spiro atoms. The SMILES string of the molecule is CC.COC(=O)c1cccc(CC2(c3cccc(OC(F)(F)F)c3)CN(CCC(F)(F)F)c3ccccc32)c1. The number of carbonyl (C=O) groups is 1. The largest absolute Gasteiger partial charge is 0.573 e. The summed E-state index contributed by atoms with van der Waals surface area (Å²) in [6.45, 7) is 3.77. The van der Waals surface area contributed by atoms with Crippen molar-refractivity contribution in [3.63, 3.8) is 0 Å². The highest BCUT2D eigenvalue weighted by Crippen LogP contribution is 2.48. The Labute approximate surface area is 223 Å². The van der Waals surface area contributed by atoms with E-state index >= 15 is 0 Å². The molecule has 4 rings (SSSR count). The Morgan fingerprint density at radius 1 is 0.923 bits per heavy atom. The van der Waals surface area contributed by atoms with Gasteiger partial charge in [-0.15, -0.1) is 13.2 Å². The third-order valence-electron chi connectivity index (χ3n) is 6.36. The van der Waals surface area contributed by atoms with E-state index in [1.54, 1.807) is 59.5 Å². The van der Waals surface area contributed by atoms with Gasteiger partial charge in [0.25, 0.3) is 0 Å². The lowest BCUT2D eigenvalue weighted by Crippen LogP contribution is -2.38. The predicted molar refractivity (Wildman–Crippen MR) is 136 cm³/mol. The second-order valence-corrected chi connectivity index (χ2v) is 8.83. The fourth-order valence-electron chi connectivity index (χ4n) is 4.88. The average molecular weight is 554 g/mol. The van der Waals surface area contributed by atoms with Crippen molar-refractivity contribution in [3.05, 3.63) is 95.1 Å². The second kappa shape index (κ2) is 12.0. The molecule has 0 N–H and O–H groups in total. The first-order valence-electron chi connectivity index (χ1n) is 12.3. The predicted octanol–water partition coefficient (Wildman–Crippen LogP) is 7.70. The van der Waals surface area contributed by atoms with Gasteiger partial charge < -0.3 is 14.4 Å². The van der Waals surface area contributed by atoms with Crippen LogP contribution in [0.2, 0.25) is 0 Å². The van der Waals surface area contributed by atoms with Gasteiger partial charge in [-0.05, 0) is 53.4 Å². The smallest absolute Gasteiger partial charge is 0.465 e. The summed E-state index contributed by atoms with van der Waals surface area (Å²) in [6, 6.07) is 19.0. The van der Waals surface area contributed by atoms with E-state index in [1.165, 1.54) is 25.3 Å². The minimum absolute atomic E-state index is 0.0837. The van der Waals surface area contributed by atoms with Crippen LogP contribution in [0.25, 0.3) is 0 Å².